The molecule has 2 rings (SSSR count). The van der Waals surface area contributed by atoms with E-state index in [0.29, 0.717) is 5.02 Å². The highest BCUT2D eigenvalue weighted by atomic mass is 35.5. The first-order valence-corrected chi connectivity index (χ1v) is 7.48. The molecule has 0 amide bonds. The molecule has 92 valence electrons. The third-order valence-electron chi connectivity index (χ3n) is 2.76. The molecule has 5 heteroatoms. The highest BCUT2D eigenvalue weighted by molar-refractivity contribution is 7.94. The van der Waals surface area contributed by atoms with E-state index in [1.54, 1.807) is 6.08 Å². The molecule has 0 saturated heterocycles. The van der Waals surface area contributed by atoms with E-state index in [1.165, 1.54) is 5.41 Å². The number of halogens is 1. The van der Waals surface area contributed by atoms with Gasteiger partial charge in [0.1, 0.15) is 0 Å². The van der Waals surface area contributed by atoms with Crippen LogP contribution in [-0.4, -0.2) is 20.2 Å². The van der Waals surface area contributed by atoms with E-state index in [2.05, 4.69) is 5.32 Å². The summed E-state index contributed by atoms with van der Waals surface area (Å²) in [6.07, 6.45) is 1.70. The van der Waals surface area contributed by atoms with Crippen molar-refractivity contribution in [1.82, 2.24) is 5.32 Å². The molecule has 1 aliphatic heterocycles. The van der Waals surface area contributed by atoms with Gasteiger partial charge in [-0.2, -0.15) is 0 Å². The van der Waals surface area contributed by atoms with E-state index in [9.17, 15) is 8.42 Å². The second-order valence-electron chi connectivity index (χ2n) is 4.20. The van der Waals surface area contributed by atoms with Crippen LogP contribution in [0.5, 0.6) is 0 Å². The molecule has 0 radical (unpaired) electrons. The Morgan fingerprint density at radius 3 is 2.53 bits per heavy atom. The van der Waals surface area contributed by atoms with E-state index in [1.807, 2.05) is 31.2 Å². The summed E-state index contributed by atoms with van der Waals surface area (Å²) >= 11 is 5.81. The lowest BCUT2D eigenvalue weighted by molar-refractivity contribution is 0.535. The SMILES string of the molecule is CC(NC1C=CS(=O)(=O)C1)c1ccc(Cl)cc1. The number of hydrogen-bond donors (Lipinski definition) is 1. The highest BCUT2D eigenvalue weighted by Gasteiger charge is 2.22. The molecule has 0 fully saturated rings. The van der Waals surface area contributed by atoms with Crippen LogP contribution in [0.15, 0.2) is 35.7 Å². The average Bonchev–Trinajstić information content (AvgIpc) is 2.59. The average molecular weight is 272 g/mol. The standard InChI is InChI=1S/C12H14ClNO2S/c1-9(10-2-4-11(13)5-3-10)14-12-6-7-17(15,16)8-12/h2-7,9,12,14H,8H2,1H3. The summed E-state index contributed by atoms with van der Waals surface area (Å²) in [6.45, 7) is 2.00. The topological polar surface area (TPSA) is 46.2 Å². The van der Waals surface area contributed by atoms with Crippen molar-refractivity contribution in [3.63, 3.8) is 0 Å². The number of sulfone groups is 1. The molecular weight excluding hydrogens is 258 g/mol. The second-order valence-corrected chi connectivity index (χ2v) is 6.57. The maximum absolute atomic E-state index is 11.3. The Morgan fingerprint density at radius 1 is 1.35 bits per heavy atom. The van der Waals surface area contributed by atoms with Crippen molar-refractivity contribution in [3.05, 3.63) is 46.3 Å². The molecule has 1 heterocycles. The summed E-state index contributed by atoms with van der Waals surface area (Å²) < 4.78 is 22.5. The molecule has 1 N–H and O–H groups in total. The van der Waals surface area contributed by atoms with Crippen molar-refractivity contribution in [2.45, 2.75) is 19.0 Å². The Morgan fingerprint density at radius 2 is 2.00 bits per heavy atom. The van der Waals surface area contributed by atoms with Gasteiger partial charge in [-0.1, -0.05) is 29.8 Å². The lowest BCUT2D eigenvalue weighted by Gasteiger charge is -2.18. The van der Waals surface area contributed by atoms with Crippen LogP contribution in [0.1, 0.15) is 18.5 Å². The molecule has 1 aromatic carbocycles. The van der Waals surface area contributed by atoms with Gasteiger partial charge in [-0.05, 0) is 24.6 Å². The lowest BCUT2D eigenvalue weighted by atomic mass is 10.1. The predicted molar refractivity (Wildman–Crippen MR) is 69.7 cm³/mol. The van der Waals surface area contributed by atoms with Gasteiger partial charge in [0.15, 0.2) is 9.84 Å². The molecule has 0 aromatic heterocycles. The number of benzene rings is 1. The molecule has 2 atom stereocenters. The number of nitrogens with one attached hydrogen (secondary N) is 1. The minimum Gasteiger partial charge on any atom is -0.303 e. The van der Waals surface area contributed by atoms with Gasteiger partial charge >= 0.3 is 0 Å². The fraction of sp³-hybridized carbons (Fsp3) is 0.333. The third kappa shape index (κ3) is 3.31. The van der Waals surface area contributed by atoms with Crippen LogP contribution in [0.25, 0.3) is 0 Å². The van der Waals surface area contributed by atoms with Crippen LogP contribution in [0.3, 0.4) is 0 Å². The zero-order chi connectivity index (χ0) is 12.5. The summed E-state index contributed by atoms with van der Waals surface area (Å²) in [5.41, 5.74) is 1.09. The minimum atomic E-state index is -2.99. The molecule has 0 aliphatic carbocycles. The van der Waals surface area contributed by atoms with Crippen molar-refractivity contribution in [2.24, 2.45) is 0 Å². The maximum atomic E-state index is 11.3. The van der Waals surface area contributed by atoms with E-state index < -0.39 is 9.84 Å². The number of rotatable bonds is 3. The van der Waals surface area contributed by atoms with Crippen molar-refractivity contribution < 1.29 is 8.42 Å². The van der Waals surface area contributed by atoms with Crippen molar-refractivity contribution >= 4 is 21.4 Å². The van der Waals surface area contributed by atoms with Crippen LogP contribution in [0, 0.1) is 0 Å². The molecule has 2 unspecified atom stereocenters. The van der Waals surface area contributed by atoms with Crippen LogP contribution in [0.2, 0.25) is 5.02 Å². The van der Waals surface area contributed by atoms with Crippen LogP contribution >= 0.6 is 11.6 Å². The van der Waals surface area contributed by atoms with E-state index in [0.717, 1.165) is 5.56 Å². The maximum Gasteiger partial charge on any atom is 0.173 e. The number of hydrogen-bond acceptors (Lipinski definition) is 3. The first kappa shape index (κ1) is 12.6. The lowest BCUT2D eigenvalue weighted by Crippen LogP contribution is -2.32. The van der Waals surface area contributed by atoms with Crippen LogP contribution in [-0.2, 0) is 9.84 Å². The summed E-state index contributed by atoms with van der Waals surface area (Å²) in [6, 6.07) is 7.52. The van der Waals surface area contributed by atoms with Gasteiger partial charge in [-0.3, -0.25) is 0 Å². The first-order valence-electron chi connectivity index (χ1n) is 5.39. The molecule has 0 spiro atoms. The third-order valence-corrected chi connectivity index (χ3v) is 4.41. The molecule has 0 saturated carbocycles. The summed E-state index contributed by atoms with van der Waals surface area (Å²) in [5.74, 6) is 0.144. The summed E-state index contributed by atoms with van der Waals surface area (Å²) in [4.78, 5) is 0. The van der Waals surface area contributed by atoms with Gasteiger partial charge in [0.2, 0.25) is 0 Å². The van der Waals surface area contributed by atoms with Gasteiger partial charge in [0.05, 0.1) is 5.75 Å². The predicted octanol–water partition coefficient (Wildman–Crippen LogP) is 2.30. The van der Waals surface area contributed by atoms with Crippen LogP contribution in [0.4, 0.5) is 0 Å². The van der Waals surface area contributed by atoms with Crippen molar-refractivity contribution in [3.8, 4) is 0 Å². The van der Waals surface area contributed by atoms with Crippen molar-refractivity contribution in [2.75, 3.05) is 5.75 Å². The Balaban J connectivity index is 2.01. The van der Waals surface area contributed by atoms with Gasteiger partial charge in [-0.15, -0.1) is 0 Å². The molecule has 1 aromatic rings. The smallest absolute Gasteiger partial charge is 0.173 e. The molecular formula is C12H14ClNO2S. The highest BCUT2D eigenvalue weighted by Crippen LogP contribution is 2.18. The molecule has 1 aliphatic rings. The normalized spacial score (nSPS) is 23.8. The van der Waals surface area contributed by atoms with Crippen LogP contribution < -0.4 is 5.32 Å². The Labute approximate surface area is 106 Å². The van der Waals surface area contributed by atoms with E-state index in [-0.39, 0.29) is 17.8 Å². The Hall–Kier alpha value is -0.840. The fourth-order valence-electron chi connectivity index (χ4n) is 1.85. The second kappa shape index (κ2) is 4.80. The van der Waals surface area contributed by atoms with Gasteiger partial charge in [0.25, 0.3) is 0 Å². The largest absolute Gasteiger partial charge is 0.303 e. The van der Waals surface area contributed by atoms with Gasteiger partial charge in [-0.25, -0.2) is 8.42 Å². The minimum absolute atomic E-state index is 0.0928. The summed E-state index contributed by atoms with van der Waals surface area (Å²) in [7, 11) is -2.99. The quantitative estimate of drug-likeness (QED) is 0.918. The monoisotopic (exact) mass is 271 g/mol. The van der Waals surface area contributed by atoms with E-state index >= 15 is 0 Å². The van der Waals surface area contributed by atoms with Gasteiger partial charge < -0.3 is 5.32 Å². The fourth-order valence-corrected chi connectivity index (χ4v) is 3.22. The van der Waals surface area contributed by atoms with Crippen molar-refractivity contribution in [1.29, 1.82) is 0 Å². The zero-order valence-corrected chi connectivity index (χ0v) is 11.0. The Bertz CT molecular complexity index is 522. The van der Waals surface area contributed by atoms with E-state index in [4.69, 9.17) is 11.6 Å². The zero-order valence-electron chi connectivity index (χ0n) is 9.43. The molecule has 3 nitrogen and oxygen atoms in total. The summed E-state index contributed by atoms with van der Waals surface area (Å²) in [5, 5.41) is 5.24. The Kier molecular flexibility index (Phi) is 3.56. The molecule has 0 bridgehead atoms. The molecule has 17 heavy (non-hydrogen) atoms. The van der Waals surface area contributed by atoms with Gasteiger partial charge in [0, 0.05) is 22.5 Å². The first-order chi connectivity index (χ1) is 7.96.